The Labute approximate surface area is 153 Å². The fourth-order valence-electron chi connectivity index (χ4n) is 2.89. The lowest BCUT2D eigenvalue weighted by Gasteiger charge is -2.21. The molecule has 3 aromatic rings. The van der Waals surface area contributed by atoms with Gasteiger partial charge in [0.15, 0.2) is 0 Å². The van der Waals surface area contributed by atoms with E-state index in [-0.39, 0.29) is 6.10 Å². The van der Waals surface area contributed by atoms with E-state index in [0.29, 0.717) is 6.61 Å². The minimum absolute atomic E-state index is 0.0578. The molecule has 1 atom stereocenters. The Balaban J connectivity index is 1.62. The molecule has 132 valence electrons. The molecule has 0 radical (unpaired) electrons. The second-order valence-corrected chi connectivity index (χ2v) is 7.27. The van der Waals surface area contributed by atoms with Crippen LogP contribution in [0.3, 0.4) is 0 Å². The standard InChI is InChI=1S/C20H25N3OS/c1-16-10-14-25-20(16)19(18-9-11-21-23(18)3)24-13-12-22(2)15-17-7-5-4-6-8-17/h4-11,14,19H,12-13,15H2,1-3H3/t19-/m1/s1. The Hall–Kier alpha value is -1.95. The van der Waals surface area contributed by atoms with E-state index >= 15 is 0 Å². The normalized spacial score (nSPS) is 12.6. The maximum atomic E-state index is 6.31. The molecule has 0 aliphatic rings. The van der Waals surface area contributed by atoms with Gasteiger partial charge in [-0.2, -0.15) is 5.10 Å². The average molecular weight is 356 g/mol. The number of aryl methyl sites for hydroxylation is 2. The zero-order chi connectivity index (χ0) is 17.6. The highest BCUT2D eigenvalue weighted by molar-refractivity contribution is 7.10. The maximum Gasteiger partial charge on any atom is 0.134 e. The molecule has 0 saturated heterocycles. The SMILES string of the molecule is Cc1ccsc1[C@H](OCCN(C)Cc1ccccc1)c1ccnn1C. The van der Waals surface area contributed by atoms with Gasteiger partial charge in [0.1, 0.15) is 6.10 Å². The van der Waals surface area contributed by atoms with Crippen molar-refractivity contribution in [3.8, 4) is 0 Å². The molecular formula is C20H25N3OS. The molecule has 5 heteroatoms. The molecule has 0 aliphatic carbocycles. The van der Waals surface area contributed by atoms with Crippen LogP contribution in [0.25, 0.3) is 0 Å². The predicted molar refractivity (Wildman–Crippen MR) is 103 cm³/mol. The summed E-state index contributed by atoms with van der Waals surface area (Å²) in [5.41, 5.74) is 3.69. The molecule has 0 amide bonds. The maximum absolute atomic E-state index is 6.31. The Bertz CT molecular complexity index is 741. The van der Waals surface area contributed by atoms with Crippen molar-refractivity contribution in [1.29, 1.82) is 0 Å². The first-order valence-corrected chi connectivity index (χ1v) is 9.39. The van der Waals surface area contributed by atoms with Crippen molar-refractivity contribution in [3.63, 3.8) is 0 Å². The van der Waals surface area contributed by atoms with Crippen LogP contribution in [0, 0.1) is 6.92 Å². The van der Waals surface area contributed by atoms with Crippen LogP contribution in [-0.4, -0.2) is 34.9 Å². The average Bonchev–Trinajstić information content (AvgIpc) is 3.21. The first kappa shape index (κ1) is 17.9. The smallest absolute Gasteiger partial charge is 0.134 e. The van der Waals surface area contributed by atoms with Gasteiger partial charge >= 0.3 is 0 Å². The van der Waals surface area contributed by atoms with E-state index in [0.717, 1.165) is 18.8 Å². The Kier molecular flexibility index (Phi) is 6.02. The van der Waals surface area contributed by atoms with Gasteiger partial charge in [0.2, 0.25) is 0 Å². The van der Waals surface area contributed by atoms with Gasteiger partial charge in [-0.25, -0.2) is 0 Å². The van der Waals surface area contributed by atoms with E-state index < -0.39 is 0 Å². The van der Waals surface area contributed by atoms with Crippen LogP contribution in [0.4, 0.5) is 0 Å². The van der Waals surface area contributed by atoms with Crippen molar-refractivity contribution in [2.75, 3.05) is 20.2 Å². The highest BCUT2D eigenvalue weighted by atomic mass is 32.1. The molecule has 0 unspecified atom stereocenters. The number of ether oxygens (including phenoxy) is 1. The van der Waals surface area contributed by atoms with Gasteiger partial charge in [-0.15, -0.1) is 11.3 Å². The minimum atomic E-state index is -0.0578. The van der Waals surface area contributed by atoms with Crippen LogP contribution < -0.4 is 0 Å². The third-order valence-corrected chi connectivity index (χ3v) is 5.38. The first-order valence-electron chi connectivity index (χ1n) is 8.51. The van der Waals surface area contributed by atoms with Gasteiger partial charge in [-0.3, -0.25) is 9.58 Å². The number of hydrogen-bond acceptors (Lipinski definition) is 4. The molecule has 0 saturated carbocycles. The molecule has 0 N–H and O–H groups in total. The van der Waals surface area contributed by atoms with Crippen molar-refractivity contribution >= 4 is 11.3 Å². The van der Waals surface area contributed by atoms with E-state index in [1.165, 1.54) is 16.0 Å². The summed E-state index contributed by atoms with van der Waals surface area (Å²) < 4.78 is 8.21. The second kappa shape index (κ2) is 8.43. The molecule has 25 heavy (non-hydrogen) atoms. The lowest BCUT2D eigenvalue weighted by Crippen LogP contribution is -2.24. The molecule has 0 fully saturated rings. The topological polar surface area (TPSA) is 30.3 Å². The number of likely N-dealkylation sites (N-methyl/N-ethyl adjacent to an activating group) is 1. The fraction of sp³-hybridized carbons (Fsp3) is 0.350. The molecule has 4 nitrogen and oxygen atoms in total. The van der Waals surface area contributed by atoms with Crippen molar-refractivity contribution in [2.24, 2.45) is 7.05 Å². The van der Waals surface area contributed by atoms with Crippen LogP contribution in [0.2, 0.25) is 0 Å². The van der Waals surface area contributed by atoms with E-state index in [1.807, 2.05) is 24.0 Å². The highest BCUT2D eigenvalue weighted by Gasteiger charge is 2.21. The summed E-state index contributed by atoms with van der Waals surface area (Å²) in [6, 6.07) is 14.7. The monoisotopic (exact) mass is 355 g/mol. The molecule has 0 bridgehead atoms. The van der Waals surface area contributed by atoms with Gasteiger partial charge in [-0.1, -0.05) is 30.3 Å². The number of thiophene rings is 1. The summed E-state index contributed by atoms with van der Waals surface area (Å²) in [7, 11) is 4.10. The lowest BCUT2D eigenvalue weighted by atomic mass is 10.1. The lowest BCUT2D eigenvalue weighted by molar-refractivity contribution is 0.0606. The third-order valence-electron chi connectivity index (χ3n) is 4.32. The molecule has 1 aromatic carbocycles. The second-order valence-electron chi connectivity index (χ2n) is 6.32. The Morgan fingerprint density at radius 1 is 1.20 bits per heavy atom. The summed E-state index contributed by atoms with van der Waals surface area (Å²) in [5, 5.41) is 6.43. The van der Waals surface area contributed by atoms with Crippen molar-refractivity contribution in [2.45, 2.75) is 19.6 Å². The van der Waals surface area contributed by atoms with Crippen LogP contribution in [0.15, 0.2) is 54.0 Å². The molecule has 2 aromatic heterocycles. The minimum Gasteiger partial charge on any atom is -0.365 e. The highest BCUT2D eigenvalue weighted by Crippen LogP contribution is 2.32. The van der Waals surface area contributed by atoms with Gasteiger partial charge in [0.25, 0.3) is 0 Å². The predicted octanol–water partition coefficient (Wildman–Crippen LogP) is 4.03. The zero-order valence-corrected chi connectivity index (χ0v) is 15.9. The van der Waals surface area contributed by atoms with Gasteiger partial charge in [0, 0.05) is 31.2 Å². The molecular weight excluding hydrogens is 330 g/mol. The van der Waals surface area contributed by atoms with E-state index in [4.69, 9.17) is 4.74 Å². The van der Waals surface area contributed by atoms with Crippen LogP contribution in [0.5, 0.6) is 0 Å². The molecule has 3 rings (SSSR count). The first-order chi connectivity index (χ1) is 12.1. The summed E-state index contributed by atoms with van der Waals surface area (Å²) in [5.74, 6) is 0. The van der Waals surface area contributed by atoms with E-state index in [9.17, 15) is 0 Å². The Morgan fingerprint density at radius 2 is 2.00 bits per heavy atom. The Morgan fingerprint density at radius 3 is 2.64 bits per heavy atom. The van der Waals surface area contributed by atoms with Gasteiger partial charge in [0.05, 0.1) is 12.3 Å². The van der Waals surface area contributed by atoms with Gasteiger partial charge in [-0.05, 0) is 42.6 Å². The number of aromatic nitrogens is 2. The van der Waals surface area contributed by atoms with Gasteiger partial charge < -0.3 is 4.74 Å². The van der Waals surface area contributed by atoms with Crippen molar-refractivity contribution < 1.29 is 4.74 Å². The number of benzene rings is 1. The largest absolute Gasteiger partial charge is 0.365 e. The zero-order valence-electron chi connectivity index (χ0n) is 15.1. The van der Waals surface area contributed by atoms with E-state index in [2.05, 4.69) is 65.7 Å². The third kappa shape index (κ3) is 4.57. The summed E-state index contributed by atoms with van der Waals surface area (Å²) in [6.07, 6.45) is 1.77. The summed E-state index contributed by atoms with van der Waals surface area (Å²) >= 11 is 1.75. The van der Waals surface area contributed by atoms with Crippen LogP contribution >= 0.6 is 11.3 Å². The summed E-state index contributed by atoms with van der Waals surface area (Å²) in [6.45, 7) is 4.63. The quantitative estimate of drug-likeness (QED) is 0.611. The molecule has 0 aliphatic heterocycles. The number of rotatable bonds is 8. The number of nitrogens with zero attached hydrogens (tertiary/aromatic N) is 3. The van der Waals surface area contributed by atoms with Crippen LogP contribution in [0.1, 0.15) is 27.8 Å². The van der Waals surface area contributed by atoms with Crippen molar-refractivity contribution in [3.05, 3.63) is 75.7 Å². The van der Waals surface area contributed by atoms with Crippen LogP contribution in [-0.2, 0) is 18.3 Å². The van der Waals surface area contributed by atoms with Crippen molar-refractivity contribution in [1.82, 2.24) is 14.7 Å². The summed E-state index contributed by atoms with van der Waals surface area (Å²) in [4.78, 5) is 3.55. The number of hydrogen-bond donors (Lipinski definition) is 0. The molecule has 2 heterocycles. The molecule has 0 spiro atoms. The van der Waals surface area contributed by atoms with E-state index in [1.54, 1.807) is 11.3 Å². The fourth-order valence-corrected chi connectivity index (χ4v) is 3.88.